The fourth-order valence-corrected chi connectivity index (χ4v) is 18.0. The maximum absolute atomic E-state index is 11.2. The third kappa shape index (κ3) is 14.5. The van der Waals surface area contributed by atoms with E-state index in [2.05, 4.69) is 198 Å². The van der Waals surface area contributed by atoms with E-state index in [1.807, 2.05) is 24.3 Å². The maximum Gasteiger partial charge on any atom is 0.335 e. The average Bonchev–Trinajstić information content (AvgIpc) is 3.44. The van der Waals surface area contributed by atoms with Crippen molar-refractivity contribution in [3.8, 4) is 0 Å². The highest BCUT2D eigenvalue weighted by atomic mass is 79.9. The molecular formula is C63H56Br2O6P2. The van der Waals surface area contributed by atoms with Gasteiger partial charge >= 0.3 is 11.9 Å². The Balaban J connectivity index is 0.000000193. The van der Waals surface area contributed by atoms with E-state index in [1.54, 1.807) is 48.5 Å². The van der Waals surface area contributed by atoms with Gasteiger partial charge in [-0.1, -0.05) is 174 Å². The van der Waals surface area contributed by atoms with Gasteiger partial charge in [-0.2, -0.15) is 0 Å². The molecule has 2 N–H and O–H groups in total. The van der Waals surface area contributed by atoms with E-state index in [0.717, 1.165) is 53.6 Å². The number of alkyl halides is 1. The van der Waals surface area contributed by atoms with Crippen LogP contribution in [-0.2, 0) is 19.3 Å². The van der Waals surface area contributed by atoms with Gasteiger partial charge in [-0.15, -0.1) is 0 Å². The smallest absolute Gasteiger partial charge is 0.335 e. The van der Waals surface area contributed by atoms with Gasteiger partial charge in [-0.25, -0.2) is 9.59 Å². The van der Waals surface area contributed by atoms with E-state index in [0.29, 0.717) is 11.1 Å². The molecular weight excluding hydrogens is 1070 g/mol. The van der Waals surface area contributed by atoms with Crippen LogP contribution in [0.25, 0.3) is 0 Å². The molecule has 73 heavy (non-hydrogen) atoms. The Morgan fingerprint density at radius 3 is 0.767 bits per heavy atom. The zero-order chi connectivity index (χ0) is 50.6. The molecule has 0 unspecified atom stereocenters. The number of benzene rings is 9. The third-order valence-electron chi connectivity index (χ3n) is 12.6. The minimum atomic E-state index is -1.87. The number of carboxylic acids is 3. The molecule has 0 heterocycles. The topological polar surface area (TPSA) is 115 Å². The zero-order valence-electron chi connectivity index (χ0n) is 40.2. The van der Waals surface area contributed by atoms with Crippen molar-refractivity contribution >= 4 is 80.2 Å². The molecule has 9 aromatic carbocycles. The van der Waals surface area contributed by atoms with E-state index in [1.165, 1.54) is 31.8 Å². The number of rotatable bonds is 17. The molecule has 9 aromatic rings. The van der Waals surface area contributed by atoms with Crippen LogP contribution in [0.15, 0.2) is 255 Å². The van der Waals surface area contributed by atoms with Gasteiger partial charge in [-0.05, 0) is 126 Å². The van der Waals surface area contributed by atoms with Crippen LogP contribution >= 0.6 is 30.5 Å². The van der Waals surface area contributed by atoms with Crippen LogP contribution in [0.5, 0.6) is 0 Å². The van der Waals surface area contributed by atoms with Crippen LogP contribution < -0.4 is 53.9 Å². The molecule has 10 heteroatoms. The Bertz CT molecular complexity index is 2700. The minimum absolute atomic E-state index is 0. The number of carbonyl (C=O) groups is 3. The van der Waals surface area contributed by atoms with Crippen LogP contribution in [0.1, 0.15) is 47.8 Å². The number of hydrogen-bond acceptors (Lipinski definition) is 4. The first kappa shape index (κ1) is 55.5. The van der Waals surface area contributed by atoms with Gasteiger partial charge in [0.15, 0.2) is 0 Å². The van der Waals surface area contributed by atoms with E-state index in [9.17, 15) is 29.7 Å². The van der Waals surface area contributed by atoms with Gasteiger partial charge in [0.25, 0.3) is 0 Å². The molecule has 0 saturated heterocycles. The van der Waals surface area contributed by atoms with Crippen molar-refractivity contribution in [3.05, 3.63) is 288 Å². The van der Waals surface area contributed by atoms with E-state index in [-0.39, 0.29) is 22.5 Å². The van der Waals surface area contributed by atoms with E-state index >= 15 is 0 Å². The van der Waals surface area contributed by atoms with E-state index < -0.39 is 32.4 Å². The predicted molar refractivity (Wildman–Crippen MR) is 303 cm³/mol. The Labute approximate surface area is 449 Å². The summed E-state index contributed by atoms with van der Waals surface area (Å²) in [5.41, 5.74) is 4.33. The third-order valence-corrected chi connectivity index (χ3v) is 21.9. The second-order valence-electron chi connectivity index (χ2n) is 17.0. The number of aryl methyl sites for hydroxylation is 3. The molecule has 0 radical (unpaired) electrons. The fourth-order valence-electron chi connectivity index (χ4n) is 8.90. The Kier molecular flexibility index (Phi) is 21.2. The molecule has 0 aliphatic rings. The summed E-state index contributed by atoms with van der Waals surface area (Å²) in [5, 5.41) is 37.8. The van der Waals surface area contributed by atoms with Crippen molar-refractivity contribution < 1.29 is 46.7 Å². The molecule has 0 aliphatic heterocycles. The Morgan fingerprint density at radius 1 is 0.342 bits per heavy atom. The van der Waals surface area contributed by atoms with Crippen LogP contribution in [-0.4, -0.2) is 45.8 Å². The molecule has 0 spiro atoms. The summed E-state index contributed by atoms with van der Waals surface area (Å²) in [5.74, 6) is -2.90. The first-order valence-electron chi connectivity index (χ1n) is 23.7. The number of carboxylic acid groups (broad SMARTS) is 3. The van der Waals surface area contributed by atoms with Gasteiger partial charge in [0.2, 0.25) is 0 Å². The van der Waals surface area contributed by atoms with Gasteiger partial charge in [0.1, 0.15) is 46.4 Å². The SMILES string of the molecule is O=C(O)c1ccc(CC[P+](c2ccccc2)(c2ccccc2)c2ccccc2)cc1.O=C(O)c1ccc(CC[P+](c2ccccc2)(c2ccccc2)c2ccccc2)cc1.O=C([O-])c1ccc(CCBr)cc1.[Br-]. The molecule has 0 fully saturated rings. The standard InChI is InChI=1S/2C27H23O2P.C9H9BrO2.BrH/c2*28-27(29)23-18-16-22(17-19-23)20-21-30(24-10-4-1-5-11-24,25-12-6-2-7-13-25)26-14-8-3-9-15-26;10-6-5-7-1-3-8(4-2-7)9(11)12;/h2*1-19H,20-21H2;1-4H,5-6H2,(H,11,12);1H. The number of halogens is 2. The Morgan fingerprint density at radius 2 is 0.562 bits per heavy atom. The van der Waals surface area contributed by atoms with Crippen molar-refractivity contribution in [2.75, 3.05) is 17.7 Å². The largest absolute Gasteiger partial charge is 1.00 e. The lowest BCUT2D eigenvalue weighted by atomic mass is 10.1. The maximum atomic E-state index is 11.2. The summed E-state index contributed by atoms with van der Waals surface area (Å²) in [6, 6.07) is 86.2. The van der Waals surface area contributed by atoms with Crippen molar-refractivity contribution in [1.82, 2.24) is 0 Å². The zero-order valence-corrected chi connectivity index (χ0v) is 45.1. The molecule has 9 rings (SSSR count). The van der Waals surface area contributed by atoms with Crippen molar-refractivity contribution in [1.29, 1.82) is 0 Å². The number of hydrogen-bond donors (Lipinski definition) is 2. The average molecular weight is 1130 g/mol. The van der Waals surface area contributed by atoms with Crippen molar-refractivity contribution in [3.63, 3.8) is 0 Å². The quantitative estimate of drug-likeness (QED) is 0.0711. The van der Waals surface area contributed by atoms with Gasteiger partial charge in [-0.3, -0.25) is 0 Å². The van der Waals surface area contributed by atoms with Crippen LogP contribution in [0.4, 0.5) is 0 Å². The predicted octanol–water partition coefficient (Wildman–Crippen LogP) is 7.83. The highest BCUT2D eigenvalue weighted by molar-refractivity contribution is 9.09. The van der Waals surface area contributed by atoms with E-state index in [4.69, 9.17) is 0 Å². The highest BCUT2D eigenvalue weighted by Crippen LogP contribution is 2.56. The van der Waals surface area contributed by atoms with Crippen molar-refractivity contribution in [2.45, 2.75) is 19.3 Å². The molecule has 0 aliphatic carbocycles. The fraction of sp³-hybridized carbons (Fsp3) is 0.0952. The second kappa shape index (κ2) is 27.9. The van der Waals surface area contributed by atoms with Crippen LogP contribution in [0.2, 0.25) is 0 Å². The first-order valence-corrected chi connectivity index (χ1v) is 28.8. The Hall–Kier alpha value is -6.79. The summed E-state index contributed by atoms with van der Waals surface area (Å²) >= 11 is 3.30. The molecule has 0 bridgehead atoms. The number of carbonyl (C=O) groups excluding carboxylic acids is 1. The van der Waals surface area contributed by atoms with Crippen LogP contribution in [0.3, 0.4) is 0 Å². The second-order valence-corrected chi connectivity index (χ2v) is 25.0. The lowest BCUT2D eigenvalue weighted by molar-refractivity contribution is -0.255. The summed E-state index contributed by atoms with van der Waals surface area (Å²) in [4.78, 5) is 32.7. The monoisotopic (exact) mass is 1130 g/mol. The van der Waals surface area contributed by atoms with Gasteiger partial charge < -0.3 is 37.1 Å². The van der Waals surface area contributed by atoms with Crippen molar-refractivity contribution in [2.24, 2.45) is 0 Å². The van der Waals surface area contributed by atoms with Gasteiger partial charge in [0, 0.05) is 18.2 Å². The minimum Gasteiger partial charge on any atom is -1.00 e. The van der Waals surface area contributed by atoms with Crippen LogP contribution in [0, 0.1) is 0 Å². The lowest BCUT2D eigenvalue weighted by Crippen LogP contribution is -3.00. The molecule has 6 nitrogen and oxygen atoms in total. The normalized spacial score (nSPS) is 10.8. The number of aromatic carboxylic acids is 3. The van der Waals surface area contributed by atoms with Gasteiger partial charge in [0.05, 0.1) is 29.4 Å². The summed E-state index contributed by atoms with van der Waals surface area (Å²) in [6.07, 6.45) is 4.64. The molecule has 0 amide bonds. The first-order chi connectivity index (χ1) is 35.1. The highest BCUT2D eigenvalue weighted by Gasteiger charge is 2.46. The molecule has 0 atom stereocenters. The molecule has 368 valence electrons. The summed E-state index contributed by atoms with van der Waals surface area (Å²) in [7, 11) is -3.73. The summed E-state index contributed by atoms with van der Waals surface area (Å²) in [6.45, 7) is 0. The molecule has 0 saturated carbocycles. The lowest BCUT2D eigenvalue weighted by Gasteiger charge is -2.27. The molecule has 0 aromatic heterocycles. The summed E-state index contributed by atoms with van der Waals surface area (Å²) < 4.78 is 0.